The second-order valence-electron chi connectivity index (χ2n) is 5.02. The molecule has 2 rings (SSSR count). The van der Waals surface area contributed by atoms with Crippen LogP contribution in [0.15, 0.2) is 54.6 Å². The number of rotatable bonds is 8. The predicted octanol–water partition coefficient (Wildman–Crippen LogP) is 4.32. The fourth-order valence-electron chi connectivity index (χ4n) is 2.07. The lowest BCUT2D eigenvalue weighted by atomic mass is 10.1. The molecular weight excluding hydrogens is 314 g/mol. The maximum atomic E-state index is 11.8. The third-order valence-electron chi connectivity index (χ3n) is 3.21. The molecule has 2 aromatic carbocycles. The third-order valence-corrected chi connectivity index (χ3v) is 4.48. The summed E-state index contributed by atoms with van der Waals surface area (Å²) in [5.41, 5.74) is 2.42. The molecule has 22 heavy (non-hydrogen) atoms. The van der Waals surface area contributed by atoms with Crippen LogP contribution in [-0.4, -0.2) is 18.2 Å². The van der Waals surface area contributed by atoms with E-state index < -0.39 is 0 Å². The minimum atomic E-state index is 0.118. The number of carbonyl (C=O) groups excluding carboxylic acids is 1. The van der Waals surface area contributed by atoms with E-state index in [-0.39, 0.29) is 5.91 Å². The van der Waals surface area contributed by atoms with Gasteiger partial charge in [-0.1, -0.05) is 54.1 Å². The highest BCUT2D eigenvalue weighted by atomic mass is 35.5. The highest BCUT2D eigenvalue weighted by Crippen LogP contribution is 2.16. The van der Waals surface area contributed by atoms with Gasteiger partial charge in [0.05, 0.1) is 0 Å². The summed E-state index contributed by atoms with van der Waals surface area (Å²) in [6.45, 7) is 0.707. The van der Waals surface area contributed by atoms with E-state index >= 15 is 0 Å². The molecule has 1 amide bonds. The SMILES string of the molecule is O=C(CCc1ccccc1)NCCSCc1cccc(Cl)c1. The first-order chi connectivity index (χ1) is 10.7. The minimum Gasteiger partial charge on any atom is -0.355 e. The van der Waals surface area contributed by atoms with E-state index in [2.05, 4.69) is 11.4 Å². The third kappa shape index (κ3) is 6.54. The average Bonchev–Trinajstić information content (AvgIpc) is 2.54. The number of halogens is 1. The Morgan fingerprint density at radius 1 is 1.05 bits per heavy atom. The first-order valence-electron chi connectivity index (χ1n) is 7.37. The Kier molecular flexibility index (Phi) is 7.34. The maximum absolute atomic E-state index is 11.8. The summed E-state index contributed by atoms with van der Waals surface area (Å²) in [7, 11) is 0. The van der Waals surface area contributed by atoms with Crippen LogP contribution in [0.25, 0.3) is 0 Å². The van der Waals surface area contributed by atoms with Gasteiger partial charge in [0.2, 0.25) is 5.91 Å². The Morgan fingerprint density at radius 3 is 2.59 bits per heavy atom. The summed E-state index contributed by atoms with van der Waals surface area (Å²) in [5, 5.41) is 3.74. The molecule has 0 heterocycles. The van der Waals surface area contributed by atoms with Crippen molar-refractivity contribution in [3.05, 3.63) is 70.7 Å². The lowest BCUT2D eigenvalue weighted by Crippen LogP contribution is -2.25. The van der Waals surface area contributed by atoms with Crippen LogP contribution >= 0.6 is 23.4 Å². The Balaban J connectivity index is 1.55. The zero-order valence-electron chi connectivity index (χ0n) is 12.4. The van der Waals surface area contributed by atoms with Crippen LogP contribution in [-0.2, 0) is 17.0 Å². The van der Waals surface area contributed by atoms with E-state index in [0.717, 1.165) is 22.9 Å². The molecular formula is C18H20ClNOS. The number of amides is 1. The van der Waals surface area contributed by atoms with E-state index in [4.69, 9.17) is 11.6 Å². The van der Waals surface area contributed by atoms with Gasteiger partial charge in [-0.25, -0.2) is 0 Å². The molecule has 0 fully saturated rings. The molecule has 0 radical (unpaired) electrons. The molecule has 0 aromatic heterocycles. The van der Waals surface area contributed by atoms with Crippen LogP contribution < -0.4 is 5.32 Å². The van der Waals surface area contributed by atoms with Crippen LogP contribution in [0.4, 0.5) is 0 Å². The lowest BCUT2D eigenvalue weighted by Gasteiger charge is -2.06. The molecule has 0 aliphatic rings. The van der Waals surface area contributed by atoms with Crippen molar-refractivity contribution in [3.8, 4) is 0 Å². The summed E-state index contributed by atoms with van der Waals surface area (Å²) < 4.78 is 0. The predicted molar refractivity (Wildman–Crippen MR) is 95.4 cm³/mol. The topological polar surface area (TPSA) is 29.1 Å². The van der Waals surface area contributed by atoms with Gasteiger partial charge in [-0.2, -0.15) is 11.8 Å². The van der Waals surface area contributed by atoms with Crippen LogP contribution in [0.1, 0.15) is 17.5 Å². The van der Waals surface area contributed by atoms with Crippen molar-refractivity contribution < 1.29 is 4.79 Å². The molecule has 0 saturated heterocycles. The largest absolute Gasteiger partial charge is 0.355 e. The van der Waals surface area contributed by atoms with E-state index in [1.165, 1.54) is 11.1 Å². The Bertz CT molecular complexity index is 589. The Hall–Kier alpha value is -1.45. The van der Waals surface area contributed by atoms with Gasteiger partial charge < -0.3 is 5.32 Å². The van der Waals surface area contributed by atoms with Crippen molar-refractivity contribution in [1.82, 2.24) is 5.32 Å². The molecule has 0 aliphatic heterocycles. The van der Waals surface area contributed by atoms with Crippen molar-refractivity contribution in [2.75, 3.05) is 12.3 Å². The Labute approximate surface area is 141 Å². The summed E-state index contributed by atoms with van der Waals surface area (Å²) in [6.07, 6.45) is 1.34. The number of carbonyl (C=O) groups is 1. The number of aryl methyl sites for hydroxylation is 1. The summed E-state index contributed by atoms with van der Waals surface area (Å²) in [6, 6.07) is 18.0. The highest BCUT2D eigenvalue weighted by molar-refractivity contribution is 7.98. The molecule has 2 nitrogen and oxygen atoms in total. The summed E-state index contributed by atoms with van der Waals surface area (Å²) >= 11 is 7.74. The second kappa shape index (κ2) is 9.54. The van der Waals surface area contributed by atoms with Gasteiger partial charge in [-0.15, -0.1) is 0 Å². The van der Waals surface area contributed by atoms with Crippen molar-refractivity contribution in [2.24, 2.45) is 0 Å². The Morgan fingerprint density at radius 2 is 1.82 bits per heavy atom. The first-order valence-corrected chi connectivity index (χ1v) is 8.90. The van der Waals surface area contributed by atoms with Crippen LogP contribution in [0.2, 0.25) is 5.02 Å². The minimum absolute atomic E-state index is 0.118. The molecule has 2 aromatic rings. The van der Waals surface area contributed by atoms with Crippen molar-refractivity contribution in [1.29, 1.82) is 0 Å². The van der Waals surface area contributed by atoms with Gasteiger partial charge in [-0.05, 0) is 29.7 Å². The molecule has 0 saturated carbocycles. The zero-order chi connectivity index (χ0) is 15.6. The van der Waals surface area contributed by atoms with E-state index in [1.54, 1.807) is 11.8 Å². The standard InChI is InChI=1S/C18H20ClNOS/c19-17-8-4-7-16(13-17)14-22-12-11-20-18(21)10-9-15-5-2-1-3-6-15/h1-8,13H,9-12,14H2,(H,20,21). The number of benzene rings is 2. The molecule has 116 valence electrons. The zero-order valence-corrected chi connectivity index (χ0v) is 14.0. The highest BCUT2D eigenvalue weighted by Gasteiger charge is 2.01. The number of hydrogen-bond donors (Lipinski definition) is 1. The van der Waals surface area contributed by atoms with Gasteiger partial charge >= 0.3 is 0 Å². The number of thioether (sulfide) groups is 1. The lowest BCUT2D eigenvalue weighted by molar-refractivity contribution is -0.120. The summed E-state index contributed by atoms with van der Waals surface area (Å²) in [5.74, 6) is 1.94. The summed E-state index contributed by atoms with van der Waals surface area (Å²) in [4.78, 5) is 11.8. The maximum Gasteiger partial charge on any atom is 0.220 e. The first kappa shape index (κ1) is 16.9. The average molecular weight is 334 g/mol. The number of hydrogen-bond acceptors (Lipinski definition) is 2. The fraction of sp³-hybridized carbons (Fsp3) is 0.278. The smallest absolute Gasteiger partial charge is 0.220 e. The molecule has 4 heteroatoms. The second-order valence-corrected chi connectivity index (χ2v) is 6.56. The van der Waals surface area contributed by atoms with Crippen molar-refractivity contribution >= 4 is 29.3 Å². The normalized spacial score (nSPS) is 10.4. The molecule has 0 aliphatic carbocycles. The molecule has 0 atom stereocenters. The van der Waals surface area contributed by atoms with Gasteiger partial charge in [0, 0.05) is 29.5 Å². The van der Waals surface area contributed by atoms with Gasteiger partial charge in [0.25, 0.3) is 0 Å². The van der Waals surface area contributed by atoms with Crippen molar-refractivity contribution in [3.63, 3.8) is 0 Å². The van der Waals surface area contributed by atoms with Gasteiger partial charge in [-0.3, -0.25) is 4.79 Å². The molecule has 0 bridgehead atoms. The molecule has 0 spiro atoms. The van der Waals surface area contributed by atoms with Crippen LogP contribution in [0, 0.1) is 0 Å². The fourth-order valence-corrected chi connectivity index (χ4v) is 3.09. The quantitative estimate of drug-likeness (QED) is 0.729. The monoisotopic (exact) mass is 333 g/mol. The van der Waals surface area contributed by atoms with Crippen LogP contribution in [0.3, 0.4) is 0 Å². The van der Waals surface area contributed by atoms with E-state index in [0.29, 0.717) is 13.0 Å². The van der Waals surface area contributed by atoms with Gasteiger partial charge in [0.15, 0.2) is 0 Å². The molecule has 1 N–H and O–H groups in total. The van der Waals surface area contributed by atoms with E-state index in [9.17, 15) is 4.79 Å². The van der Waals surface area contributed by atoms with Gasteiger partial charge in [0.1, 0.15) is 0 Å². The van der Waals surface area contributed by atoms with Crippen LogP contribution in [0.5, 0.6) is 0 Å². The van der Waals surface area contributed by atoms with E-state index in [1.807, 2.05) is 48.5 Å². The molecule has 0 unspecified atom stereocenters. The number of nitrogens with one attached hydrogen (secondary N) is 1. The van der Waals surface area contributed by atoms with Crippen molar-refractivity contribution in [2.45, 2.75) is 18.6 Å².